The van der Waals surface area contributed by atoms with Crippen LogP contribution < -0.4 is 14.8 Å². The van der Waals surface area contributed by atoms with Gasteiger partial charge >= 0.3 is 0 Å². The molecular formula is C20H31N3O3. The number of amides is 1. The molecule has 1 amide bonds. The molecule has 0 radical (unpaired) electrons. The first-order valence-corrected chi connectivity index (χ1v) is 9.85. The van der Waals surface area contributed by atoms with Gasteiger partial charge in [-0.05, 0) is 30.7 Å². The van der Waals surface area contributed by atoms with Gasteiger partial charge in [-0.2, -0.15) is 0 Å². The Morgan fingerprint density at radius 2 is 1.88 bits per heavy atom. The summed E-state index contributed by atoms with van der Waals surface area (Å²) in [6.07, 6.45) is 4.29. The van der Waals surface area contributed by atoms with Crippen molar-refractivity contribution in [2.45, 2.75) is 39.2 Å². The molecule has 6 heteroatoms. The Morgan fingerprint density at radius 3 is 2.69 bits per heavy atom. The number of unbranched alkanes of at least 4 members (excludes halogenated alkanes) is 2. The number of nitrogens with zero attached hydrogens (tertiary/aromatic N) is 2. The summed E-state index contributed by atoms with van der Waals surface area (Å²) in [5.41, 5.74) is 1.23. The molecule has 0 aliphatic carbocycles. The second-order valence-electron chi connectivity index (χ2n) is 7.05. The van der Waals surface area contributed by atoms with Gasteiger partial charge in [-0.3, -0.25) is 9.69 Å². The van der Waals surface area contributed by atoms with Gasteiger partial charge in [0, 0.05) is 45.7 Å². The lowest BCUT2D eigenvalue weighted by molar-refractivity contribution is -0.132. The lowest BCUT2D eigenvalue weighted by Crippen LogP contribution is -2.48. The smallest absolute Gasteiger partial charge is 0.231 e. The fraction of sp³-hybridized carbons (Fsp3) is 0.650. The van der Waals surface area contributed by atoms with E-state index in [1.165, 1.54) is 24.8 Å². The summed E-state index contributed by atoms with van der Waals surface area (Å²) in [7, 11) is 0. The van der Waals surface area contributed by atoms with Gasteiger partial charge in [-0.25, -0.2) is 0 Å². The van der Waals surface area contributed by atoms with Crippen LogP contribution in [0.5, 0.6) is 11.5 Å². The molecule has 1 N–H and O–H groups in total. The first kappa shape index (κ1) is 19.0. The highest BCUT2D eigenvalue weighted by atomic mass is 16.7. The molecule has 0 aromatic heterocycles. The van der Waals surface area contributed by atoms with E-state index < -0.39 is 0 Å². The molecule has 26 heavy (non-hydrogen) atoms. The molecule has 3 rings (SSSR count). The molecule has 1 saturated heterocycles. The largest absolute Gasteiger partial charge is 0.454 e. The summed E-state index contributed by atoms with van der Waals surface area (Å²) in [5.74, 6) is 1.94. The molecule has 2 aliphatic rings. The van der Waals surface area contributed by atoms with Crippen molar-refractivity contribution in [3.63, 3.8) is 0 Å². The number of carbonyl (C=O) groups is 1. The summed E-state index contributed by atoms with van der Waals surface area (Å²) < 4.78 is 10.8. The van der Waals surface area contributed by atoms with Crippen LogP contribution in [0.2, 0.25) is 0 Å². The molecule has 1 aromatic rings. The van der Waals surface area contributed by atoms with Crippen molar-refractivity contribution >= 4 is 5.91 Å². The van der Waals surface area contributed by atoms with Crippen LogP contribution in [0.4, 0.5) is 0 Å². The SMILES string of the molecule is CCCCCNCCC(=O)N1CCN(Cc2ccc3c(c2)OCO3)CC1. The Hall–Kier alpha value is -1.79. The highest BCUT2D eigenvalue weighted by Crippen LogP contribution is 2.32. The fourth-order valence-electron chi connectivity index (χ4n) is 3.43. The Balaban J connectivity index is 1.34. The fourth-order valence-corrected chi connectivity index (χ4v) is 3.43. The van der Waals surface area contributed by atoms with Crippen molar-refractivity contribution in [3.05, 3.63) is 23.8 Å². The molecule has 0 unspecified atom stereocenters. The zero-order valence-corrected chi connectivity index (χ0v) is 15.8. The molecule has 0 bridgehead atoms. The summed E-state index contributed by atoms with van der Waals surface area (Å²) in [5, 5.41) is 3.37. The highest BCUT2D eigenvalue weighted by Gasteiger charge is 2.21. The normalized spacial score (nSPS) is 16.9. The molecule has 1 fully saturated rings. The van der Waals surface area contributed by atoms with Gasteiger partial charge in [0.25, 0.3) is 0 Å². The Bertz CT molecular complexity index is 586. The number of hydrogen-bond donors (Lipinski definition) is 1. The molecule has 2 heterocycles. The molecule has 144 valence electrons. The lowest BCUT2D eigenvalue weighted by atomic mass is 10.1. The highest BCUT2D eigenvalue weighted by molar-refractivity contribution is 5.76. The van der Waals surface area contributed by atoms with E-state index in [4.69, 9.17) is 9.47 Å². The first-order valence-electron chi connectivity index (χ1n) is 9.85. The van der Waals surface area contributed by atoms with E-state index in [0.29, 0.717) is 13.2 Å². The van der Waals surface area contributed by atoms with E-state index in [1.54, 1.807) is 0 Å². The number of fused-ring (bicyclic) bond motifs is 1. The number of rotatable bonds is 9. The van der Waals surface area contributed by atoms with Crippen LogP contribution in [0.1, 0.15) is 38.2 Å². The predicted octanol–water partition coefficient (Wildman–Crippen LogP) is 2.23. The predicted molar refractivity (Wildman–Crippen MR) is 101 cm³/mol. The molecule has 1 aromatic carbocycles. The Morgan fingerprint density at radius 1 is 1.08 bits per heavy atom. The second kappa shape index (κ2) is 9.78. The minimum atomic E-state index is 0.274. The number of ether oxygens (including phenoxy) is 2. The molecule has 0 spiro atoms. The Labute approximate surface area is 156 Å². The number of hydrogen-bond acceptors (Lipinski definition) is 5. The van der Waals surface area contributed by atoms with E-state index in [2.05, 4.69) is 29.3 Å². The molecule has 2 aliphatic heterocycles. The number of benzene rings is 1. The minimum absolute atomic E-state index is 0.274. The quantitative estimate of drug-likeness (QED) is 0.684. The summed E-state index contributed by atoms with van der Waals surface area (Å²) in [6, 6.07) is 6.13. The van der Waals surface area contributed by atoms with Crippen LogP contribution in [0.15, 0.2) is 18.2 Å². The maximum atomic E-state index is 12.3. The van der Waals surface area contributed by atoms with Crippen molar-refractivity contribution in [2.24, 2.45) is 0 Å². The van der Waals surface area contributed by atoms with Gasteiger partial charge in [0.1, 0.15) is 0 Å². The van der Waals surface area contributed by atoms with Crippen LogP contribution in [0, 0.1) is 0 Å². The number of piperazine rings is 1. The maximum Gasteiger partial charge on any atom is 0.231 e. The average Bonchev–Trinajstić information content (AvgIpc) is 3.13. The van der Waals surface area contributed by atoms with Gasteiger partial charge in [-0.15, -0.1) is 0 Å². The van der Waals surface area contributed by atoms with Crippen LogP contribution in [-0.2, 0) is 11.3 Å². The topological polar surface area (TPSA) is 54.0 Å². The summed E-state index contributed by atoms with van der Waals surface area (Å²) in [6.45, 7) is 8.69. The van der Waals surface area contributed by atoms with E-state index in [1.807, 2.05) is 11.0 Å². The van der Waals surface area contributed by atoms with E-state index in [9.17, 15) is 4.79 Å². The van der Waals surface area contributed by atoms with Crippen LogP contribution in [0.3, 0.4) is 0 Å². The van der Waals surface area contributed by atoms with Gasteiger partial charge in [0.05, 0.1) is 0 Å². The van der Waals surface area contributed by atoms with Crippen LogP contribution in [-0.4, -0.2) is 61.8 Å². The third kappa shape index (κ3) is 5.35. The van der Waals surface area contributed by atoms with Crippen molar-refractivity contribution in [1.82, 2.24) is 15.1 Å². The van der Waals surface area contributed by atoms with E-state index >= 15 is 0 Å². The monoisotopic (exact) mass is 361 g/mol. The van der Waals surface area contributed by atoms with Crippen molar-refractivity contribution in [1.29, 1.82) is 0 Å². The minimum Gasteiger partial charge on any atom is -0.454 e. The Kier molecular flexibility index (Phi) is 7.14. The van der Waals surface area contributed by atoms with E-state index in [0.717, 1.165) is 57.3 Å². The third-order valence-electron chi connectivity index (χ3n) is 5.04. The standard InChI is InChI=1S/C20H31N3O3/c1-2-3-4-8-21-9-7-20(24)23-12-10-22(11-13-23)15-17-5-6-18-19(14-17)26-16-25-18/h5-6,14,21H,2-4,7-13,15-16H2,1H3. The average molecular weight is 361 g/mol. The third-order valence-corrected chi connectivity index (χ3v) is 5.04. The molecule has 0 atom stereocenters. The van der Waals surface area contributed by atoms with Crippen LogP contribution >= 0.6 is 0 Å². The number of carbonyl (C=O) groups excluding carboxylic acids is 1. The molecule has 6 nitrogen and oxygen atoms in total. The van der Waals surface area contributed by atoms with Gasteiger partial charge in [0.15, 0.2) is 11.5 Å². The second-order valence-corrected chi connectivity index (χ2v) is 7.05. The van der Waals surface area contributed by atoms with Crippen LogP contribution in [0.25, 0.3) is 0 Å². The summed E-state index contributed by atoms with van der Waals surface area (Å²) >= 11 is 0. The molecule has 0 saturated carbocycles. The van der Waals surface area contributed by atoms with Gasteiger partial charge in [0.2, 0.25) is 12.7 Å². The molecular weight excluding hydrogens is 330 g/mol. The first-order chi connectivity index (χ1) is 12.8. The van der Waals surface area contributed by atoms with Crippen molar-refractivity contribution in [2.75, 3.05) is 46.1 Å². The lowest BCUT2D eigenvalue weighted by Gasteiger charge is -2.34. The van der Waals surface area contributed by atoms with Crippen molar-refractivity contribution in [3.8, 4) is 11.5 Å². The zero-order valence-electron chi connectivity index (χ0n) is 15.8. The van der Waals surface area contributed by atoms with Gasteiger partial charge in [-0.1, -0.05) is 25.8 Å². The van der Waals surface area contributed by atoms with E-state index in [-0.39, 0.29) is 5.91 Å². The van der Waals surface area contributed by atoms with Crippen molar-refractivity contribution < 1.29 is 14.3 Å². The zero-order chi connectivity index (χ0) is 18.2. The maximum absolute atomic E-state index is 12.3. The number of nitrogens with one attached hydrogen (secondary N) is 1. The van der Waals surface area contributed by atoms with Gasteiger partial charge < -0.3 is 19.7 Å². The summed E-state index contributed by atoms with van der Waals surface area (Å²) in [4.78, 5) is 16.7.